The van der Waals surface area contributed by atoms with Crippen molar-refractivity contribution in [1.82, 2.24) is 15.4 Å². The first kappa shape index (κ1) is 22.9. The standard InChI is InChI=1S/C26H31N3O4/c1-3-32-22-13-7-19(8-14-22)24(29-15-5-4-6-16-29)18-27-26(30)23-17-25(33-28-23)20-9-11-21(31-2)12-10-20/h7-14,17,24H,3-6,15-16,18H2,1-2H3,(H,27,30)/t24-/m1/s1. The molecule has 7 nitrogen and oxygen atoms in total. The first-order chi connectivity index (χ1) is 16.2. The molecule has 1 saturated heterocycles. The number of carbonyl (C=O) groups is 1. The first-order valence-electron chi connectivity index (χ1n) is 11.5. The Morgan fingerprint density at radius 3 is 2.42 bits per heavy atom. The Morgan fingerprint density at radius 2 is 1.76 bits per heavy atom. The smallest absolute Gasteiger partial charge is 0.273 e. The molecule has 1 aliphatic rings. The molecule has 0 spiro atoms. The predicted molar refractivity (Wildman–Crippen MR) is 127 cm³/mol. The highest BCUT2D eigenvalue weighted by Crippen LogP contribution is 2.27. The van der Waals surface area contributed by atoms with Gasteiger partial charge in [-0.05, 0) is 74.8 Å². The monoisotopic (exact) mass is 449 g/mol. The zero-order chi connectivity index (χ0) is 23.0. The van der Waals surface area contributed by atoms with Crippen molar-refractivity contribution in [3.05, 3.63) is 65.9 Å². The third-order valence-corrected chi connectivity index (χ3v) is 5.98. The van der Waals surface area contributed by atoms with Crippen LogP contribution in [0.1, 0.15) is 48.3 Å². The average molecular weight is 450 g/mol. The van der Waals surface area contributed by atoms with Crippen molar-refractivity contribution in [3.63, 3.8) is 0 Å². The lowest BCUT2D eigenvalue weighted by Gasteiger charge is -2.35. The van der Waals surface area contributed by atoms with Crippen LogP contribution in [0.4, 0.5) is 0 Å². The fourth-order valence-corrected chi connectivity index (χ4v) is 4.19. The highest BCUT2D eigenvalue weighted by atomic mass is 16.5. The van der Waals surface area contributed by atoms with Crippen LogP contribution in [0.2, 0.25) is 0 Å². The molecule has 1 fully saturated rings. The van der Waals surface area contributed by atoms with Gasteiger partial charge < -0.3 is 19.3 Å². The molecular formula is C26H31N3O4. The van der Waals surface area contributed by atoms with Gasteiger partial charge in [0.05, 0.1) is 19.8 Å². The summed E-state index contributed by atoms with van der Waals surface area (Å²) in [4.78, 5) is 15.3. The molecule has 174 valence electrons. The Bertz CT molecular complexity index is 1020. The van der Waals surface area contributed by atoms with Crippen LogP contribution in [-0.2, 0) is 0 Å². The third kappa shape index (κ3) is 5.73. The summed E-state index contributed by atoms with van der Waals surface area (Å²) in [5.41, 5.74) is 2.27. The number of aromatic nitrogens is 1. The predicted octanol–water partition coefficient (Wildman–Crippen LogP) is 4.71. The summed E-state index contributed by atoms with van der Waals surface area (Å²) in [5, 5.41) is 7.05. The summed E-state index contributed by atoms with van der Waals surface area (Å²) in [6, 6.07) is 17.4. The number of rotatable bonds is 9. The van der Waals surface area contributed by atoms with Crippen LogP contribution >= 0.6 is 0 Å². The largest absolute Gasteiger partial charge is 0.497 e. The third-order valence-electron chi connectivity index (χ3n) is 5.98. The lowest BCUT2D eigenvalue weighted by molar-refractivity contribution is 0.0915. The molecule has 2 aromatic carbocycles. The Balaban J connectivity index is 1.44. The molecule has 4 rings (SSSR count). The number of likely N-dealkylation sites (tertiary alicyclic amines) is 1. The summed E-state index contributed by atoms with van der Waals surface area (Å²) in [6.07, 6.45) is 3.61. The molecule has 0 bridgehead atoms. The molecule has 0 aliphatic carbocycles. The van der Waals surface area contributed by atoms with E-state index in [9.17, 15) is 4.79 Å². The van der Waals surface area contributed by atoms with Crippen molar-refractivity contribution in [2.24, 2.45) is 0 Å². The van der Waals surface area contributed by atoms with E-state index in [-0.39, 0.29) is 17.6 Å². The molecule has 3 aromatic rings. The molecule has 1 amide bonds. The van der Waals surface area contributed by atoms with E-state index in [1.54, 1.807) is 13.2 Å². The van der Waals surface area contributed by atoms with E-state index in [1.165, 1.54) is 24.8 Å². The Hall–Kier alpha value is -3.32. The van der Waals surface area contributed by atoms with E-state index in [1.807, 2.05) is 43.3 Å². The molecule has 0 radical (unpaired) electrons. The van der Waals surface area contributed by atoms with Crippen molar-refractivity contribution >= 4 is 5.91 Å². The van der Waals surface area contributed by atoms with Crippen molar-refractivity contribution in [3.8, 4) is 22.8 Å². The van der Waals surface area contributed by atoms with Gasteiger partial charge in [0, 0.05) is 18.2 Å². The van der Waals surface area contributed by atoms with Crippen LogP contribution in [0, 0.1) is 0 Å². The number of benzene rings is 2. The van der Waals surface area contributed by atoms with Gasteiger partial charge in [-0.2, -0.15) is 0 Å². The maximum Gasteiger partial charge on any atom is 0.273 e. The number of hydrogen-bond acceptors (Lipinski definition) is 6. The molecule has 0 unspecified atom stereocenters. The normalized spacial score (nSPS) is 15.1. The van der Waals surface area contributed by atoms with Gasteiger partial charge in [-0.3, -0.25) is 9.69 Å². The highest BCUT2D eigenvalue weighted by molar-refractivity contribution is 5.93. The molecule has 33 heavy (non-hydrogen) atoms. The van der Waals surface area contributed by atoms with Gasteiger partial charge in [0.15, 0.2) is 11.5 Å². The summed E-state index contributed by atoms with van der Waals surface area (Å²) < 4.78 is 16.2. The Morgan fingerprint density at radius 1 is 1.06 bits per heavy atom. The molecule has 1 aromatic heterocycles. The second-order valence-corrected chi connectivity index (χ2v) is 8.13. The number of nitrogens with one attached hydrogen (secondary N) is 1. The molecule has 1 N–H and O–H groups in total. The van der Waals surface area contributed by atoms with Gasteiger partial charge in [-0.1, -0.05) is 23.7 Å². The fraction of sp³-hybridized carbons (Fsp3) is 0.385. The van der Waals surface area contributed by atoms with Crippen LogP contribution in [0.3, 0.4) is 0 Å². The van der Waals surface area contributed by atoms with Gasteiger partial charge in [0.25, 0.3) is 5.91 Å². The molecule has 0 saturated carbocycles. The minimum absolute atomic E-state index is 0.0953. The maximum absolute atomic E-state index is 12.9. The Kier molecular flexibility index (Phi) is 7.62. The average Bonchev–Trinajstić information content (AvgIpc) is 3.36. The van der Waals surface area contributed by atoms with E-state index in [0.717, 1.165) is 30.2 Å². The van der Waals surface area contributed by atoms with Crippen LogP contribution in [0.5, 0.6) is 11.5 Å². The van der Waals surface area contributed by atoms with Crippen molar-refractivity contribution in [2.75, 3.05) is 33.4 Å². The second kappa shape index (κ2) is 11.0. The van der Waals surface area contributed by atoms with Gasteiger partial charge >= 0.3 is 0 Å². The van der Waals surface area contributed by atoms with Crippen LogP contribution < -0.4 is 14.8 Å². The molecule has 7 heteroatoms. The second-order valence-electron chi connectivity index (χ2n) is 8.13. The van der Waals surface area contributed by atoms with Gasteiger partial charge in [-0.25, -0.2) is 0 Å². The fourth-order valence-electron chi connectivity index (χ4n) is 4.19. The van der Waals surface area contributed by atoms with E-state index in [0.29, 0.717) is 18.9 Å². The molecule has 2 heterocycles. The lowest BCUT2D eigenvalue weighted by Crippen LogP contribution is -2.40. The number of piperidine rings is 1. The van der Waals surface area contributed by atoms with Crippen LogP contribution in [0.15, 0.2) is 59.1 Å². The minimum Gasteiger partial charge on any atom is -0.497 e. The van der Waals surface area contributed by atoms with E-state index in [4.69, 9.17) is 14.0 Å². The van der Waals surface area contributed by atoms with Gasteiger partial charge in [0.2, 0.25) is 0 Å². The zero-order valence-electron chi connectivity index (χ0n) is 19.3. The number of nitrogens with zero attached hydrogens (tertiary/aromatic N) is 2. The van der Waals surface area contributed by atoms with Gasteiger partial charge in [-0.15, -0.1) is 0 Å². The van der Waals surface area contributed by atoms with Gasteiger partial charge in [0.1, 0.15) is 11.5 Å². The van der Waals surface area contributed by atoms with Crippen LogP contribution in [0.25, 0.3) is 11.3 Å². The number of ether oxygens (including phenoxy) is 2. The minimum atomic E-state index is -0.244. The molecule has 1 atom stereocenters. The highest BCUT2D eigenvalue weighted by Gasteiger charge is 2.24. The zero-order valence-corrected chi connectivity index (χ0v) is 19.3. The molecular weight excluding hydrogens is 418 g/mol. The number of hydrogen-bond donors (Lipinski definition) is 1. The summed E-state index contributed by atoms with van der Waals surface area (Å²) in [5.74, 6) is 1.92. The summed E-state index contributed by atoms with van der Waals surface area (Å²) in [6.45, 7) is 5.17. The lowest BCUT2D eigenvalue weighted by atomic mass is 10.0. The van der Waals surface area contributed by atoms with Crippen molar-refractivity contribution in [1.29, 1.82) is 0 Å². The number of amides is 1. The van der Waals surface area contributed by atoms with E-state index < -0.39 is 0 Å². The first-order valence-corrected chi connectivity index (χ1v) is 11.5. The number of carbonyl (C=O) groups excluding carboxylic acids is 1. The topological polar surface area (TPSA) is 76.8 Å². The molecule has 1 aliphatic heterocycles. The number of methoxy groups -OCH3 is 1. The van der Waals surface area contributed by atoms with E-state index >= 15 is 0 Å². The Labute approximate surface area is 194 Å². The van der Waals surface area contributed by atoms with Crippen LogP contribution in [-0.4, -0.2) is 49.3 Å². The quantitative estimate of drug-likeness (QED) is 0.510. The van der Waals surface area contributed by atoms with Crippen molar-refractivity contribution in [2.45, 2.75) is 32.2 Å². The summed E-state index contributed by atoms with van der Waals surface area (Å²) in [7, 11) is 1.62. The van der Waals surface area contributed by atoms with E-state index in [2.05, 4.69) is 27.5 Å². The summed E-state index contributed by atoms with van der Waals surface area (Å²) >= 11 is 0. The SMILES string of the molecule is CCOc1ccc([C@@H](CNC(=O)c2cc(-c3ccc(OC)cc3)on2)N2CCCCC2)cc1. The maximum atomic E-state index is 12.9. The van der Waals surface area contributed by atoms with Crippen molar-refractivity contribution < 1.29 is 18.8 Å².